The summed E-state index contributed by atoms with van der Waals surface area (Å²) >= 11 is 0. The van der Waals surface area contributed by atoms with Crippen LogP contribution in [0.4, 0.5) is 11.4 Å². The van der Waals surface area contributed by atoms with E-state index < -0.39 is 5.97 Å². The number of anilines is 2. The van der Waals surface area contributed by atoms with Gasteiger partial charge in [0.05, 0.1) is 23.1 Å². The fourth-order valence-electron chi connectivity index (χ4n) is 4.17. The number of hydrogen-bond acceptors (Lipinski definition) is 5. The molecule has 2 aromatic carbocycles. The summed E-state index contributed by atoms with van der Waals surface area (Å²) in [6.45, 7) is 2.27. The molecule has 1 unspecified atom stereocenters. The lowest BCUT2D eigenvalue weighted by Crippen LogP contribution is -2.30. The molecule has 1 saturated heterocycles. The number of imidazole rings is 1. The molecule has 166 valence electrons. The van der Waals surface area contributed by atoms with Crippen molar-refractivity contribution in [2.45, 2.75) is 19.4 Å². The normalized spacial score (nSPS) is 16.2. The zero-order valence-electron chi connectivity index (χ0n) is 17.9. The molecule has 9 nitrogen and oxygen atoms in total. The van der Waals surface area contributed by atoms with Crippen molar-refractivity contribution in [3.63, 3.8) is 0 Å². The number of aromatic nitrogens is 2. The third-order valence-corrected chi connectivity index (χ3v) is 5.76. The lowest BCUT2D eigenvalue weighted by Gasteiger charge is -2.13. The van der Waals surface area contributed by atoms with Crippen LogP contribution in [0, 0.1) is 5.92 Å². The van der Waals surface area contributed by atoms with Crippen molar-refractivity contribution in [3.8, 4) is 0 Å². The first kappa shape index (κ1) is 21.5. The summed E-state index contributed by atoms with van der Waals surface area (Å²) in [6, 6.07) is 10.8. The Balaban J connectivity index is 1.43. The van der Waals surface area contributed by atoms with E-state index in [1.54, 1.807) is 19.2 Å². The number of hydrogen-bond donors (Lipinski definition) is 5. The first-order valence-corrected chi connectivity index (χ1v) is 10.6. The maximum Gasteiger partial charge on any atom is 0.303 e. The maximum atomic E-state index is 12.7. The molecule has 1 fully saturated rings. The molecule has 1 aromatic heterocycles. The number of rotatable bonds is 8. The van der Waals surface area contributed by atoms with Gasteiger partial charge in [-0.25, -0.2) is 4.98 Å². The number of likely N-dealkylation sites (tertiary alicyclic amines) is 1. The molecule has 9 heteroatoms. The van der Waals surface area contributed by atoms with E-state index >= 15 is 0 Å². The van der Waals surface area contributed by atoms with Crippen molar-refractivity contribution in [1.82, 2.24) is 14.9 Å². The van der Waals surface area contributed by atoms with Gasteiger partial charge in [-0.05, 0) is 55.3 Å². The first-order chi connectivity index (χ1) is 15.4. The Kier molecular flexibility index (Phi) is 6.18. The zero-order valence-corrected chi connectivity index (χ0v) is 17.9. The number of carboxylic acids is 1. The van der Waals surface area contributed by atoms with Crippen molar-refractivity contribution in [2.75, 3.05) is 30.8 Å². The molecule has 1 atom stereocenters. The second-order valence-electron chi connectivity index (χ2n) is 8.08. The number of H-pyrrole nitrogens is 1. The molecule has 0 spiro atoms. The SMILES string of the molecule is CNc1ccc(C(=O)Nc2ccc3nc(CN4CCC(CC(=O)O)C4)[nH]c3c2)cc1C=[NH2+]. The highest BCUT2D eigenvalue weighted by molar-refractivity contribution is 6.06. The number of carbonyl (C=O) groups excluding carboxylic acids is 1. The molecule has 1 amide bonds. The highest BCUT2D eigenvalue weighted by Crippen LogP contribution is 2.23. The van der Waals surface area contributed by atoms with Gasteiger partial charge < -0.3 is 20.7 Å². The van der Waals surface area contributed by atoms with Gasteiger partial charge in [0, 0.05) is 37.0 Å². The maximum absolute atomic E-state index is 12.7. The molecule has 0 bridgehead atoms. The van der Waals surface area contributed by atoms with E-state index in [1.807, 2.05) is 24.3 Å². The van der Waals surface area contributed by atoms with Crippen LogP contribution in [0.2, 0.25) is 0 Å². The fourth-order valence-corrected chi connectivity index (χ4v) is 4.17. The van der Waals surface area contributed by atoms with E-state index in [4.69, 9.17) is 10.5 Å². The summed E-state index contributed by atoms with van der Waals surface area (Å²) < 4.78 is 0. The highest BCUT2D eigenvalue weighted by Gasteiger charge is 2.25. The molecule has 0 aliphatic carbocycles. The Hall–Kier alpha value is -3.72. The van der Waals surface area contributed by atoms with Gasteiger partial charge in [0.1, 0.15) is 5.82 Å². The number of amides is 1. The zero-order chi connectivity index (χ0) is 22.7. The van der Waals surface area contributed by atoms with Gasteiger partial charge in [-0.1, -0.05) is 0 Å². The van der Waals surface area contributed by atoms with Gasteiger partial charge in [-0.2, -0.15) is 0 Å². The predicted molar refractivity (Wildman–Crippen MR) is 123 cm³/mol. The lowest BCUT2D eigenvalue weighted by molar-refractivity contribution is -0.138. The summed E-state index contributed by atoms with van der Waals surface area (Å²) in [5.41, 5.74) is 4.43. The number of carboxylic acid groups (broad SMARTS) is 1. The number of benzene rings is 2. The van der Waals surface area contributed by atoms with Crippen LogP contribution in [-0.4, -0.2) is 58.2 Å². The third-order valence-electron chi connectivity index (χ3n) is 5.76. The second-order valence-corrected chi connectivity index (χ2v) is 8.08. The number of aromatic amines is 1. The monoisotopic (exact) mass is 435 g/mol. The van der Waals surface area contributed by atoms with Crippen LogP contribution in [0.5, 0.6) is 0 Å². The fraction of sp³-hybridized carbons (Fsp3) is 0.304. The van der Waals surface area contributed by atoms with E-state index in [2.05, 4.69) is 25.5 Å². The van der Waals surface area contributed by atoms with Crippen LogP contribution in [-0.2, 0) is 11.3 Å². The average Bonchev–Trinajstić information content (AvgIpc) is 3.38. The van der Waals surface area contributed by atoms with Gasteiger partial charge in [0.25, 0.3) is 5.91 Å². The van der Waals surface area contributed by atoms with E-state index in [0.29, 0.717) is 17.8 Å². The van der Waals surface area contributed by atoms with Crippen molar-refractivity contribution in [2.24, 2.45) is 5.92 Å². The summed E-state index contributed by atoms with van der Waals surface area (Å²) in [5.74, 6) is 0.0467. The summed E-state index contributed by atoms with van der Waals surface area (Å²) in [6.07, 6.45) is 2.56. The lowest BCUT2D eigenvalue weighted by atomic mass is 10.1. The minimum Gasteiger partial charge on any atom is -0.481 e. The van der Waals surface area contributed by atoms with Crippen molar-refractivity contribution >= 4 is 40.5 Å². The molecule has 0 radical (unpaired) electrons. The first-order valence-electron chi connectivity index (χ1n) is 10.6. The van der Waals surface area contributed by atoms with Gasteiger partial charge in [0.15, 0.2) is 6.21 Å². The van der Waals surface area contributed by atoms with E-state index in [-0.39, 0.29) is 18.2 Å². The summed E-state index contributed by atoms with van der Waals surface area (Å²) in [4.78, 5) is 33.8. The summed E-state index contributed by atoms with van der Waals surface area (Å²) in [7, 11) is 1.80. The number of aliphatic carboxylic acids is 1. The third kappa shape index (κ3) is 4.78. The smallest absolute Gasteiger partial charge is 0.303 e. The number of nitrogens with two attached hydrogens (primary N) is 1. The van der Waals surface area contributed by atoms with Crippen molar-refractivity contribution < 1.29 is 20.1 Å². The molecule has 0 saturated carbocycles. The predicted octanol–water partition coefficient (Wildman–Crippen LogP) is 1.33. The molecule has 6 N–H and O–H groups in total. The van der Waals surface area contributed by atoms with Crippen LogP contribution < -0.4 is 16.0 Å². The second kappa shape index (κ2) is 9.19. The Bertz CT molecular complexity index is 1170. The van der Waals surface area contributed by atoms with Gasteiger partial charge in [-0.15, -0.1) is 0 Å². The average molecular weight is 436 g/mol. The van der Waals surface area contributed by atoms with Gasteiger partial charge in [-0.3, -0.25) is 19.9 Å². The Labute approximate surface area is 185 Å². The number of fused-ring (bicyclic) bond motifs is 1. The van der Waals surface area contributed by atoms with E-state index in [1.165, 1.54) is 6.21 Å². The standard InChI is InChI=1S/C23H26N6O3/c1-25-18-4-2-15(9-16(18)11-24)23(32)26-17-3-5-19-20(10-17)28-21(27-19)13-29-7-6-14(12-29)8-22(30)31/h2-5,9-11,14,24-25H,6-8,12-13H2,1H3,(H,26,32)(H,27,28)(H,30,31)/p+1. The number of nitrogens with one attached hydrogen (secondary N) is 3. The Morgan fingerprint density at radius 3 is 2.91 bits per heavy atom. The minimum atomic E-state index is -0.745. The minimum absolute atomic E-state index is 0.193. The molecule has 1 aliphatic heterocycles. The van der Waals surface area contributed by atoms with Crippen LogP contribution in [0.15, 0.2) is 36.4 Å². The van der Waals surface area contributed by atoms with Gasteiger partial charge in [0.2, 0.25) is 0 Å². The largest absolute Gasteiger partial charge is 0.481 e. The Morgan fingerprint density at radius 2 is 2.16 bits per heavy atom. The quantitative estimate of drug-likeness (QED) is 0.339. The molecule has 3 aromatic rings. The van der Waals surface area contributed by atoms with Crippen LogP contribution in [0.3, 0.4) is 0 Å². The molecule has 32 heavy (non-hydrogen) atoms. The number of nitrogens with zero attached hydrogens (tertiary/aromatic N) is 2. The van der Waals surface area contributed by atoms with Crippen LogP contribution in [0.25, 0.3) is 11.0 Å². The van der Waals surface area contributed by atoms with Crippen molar-refractivity contribution in [3.05, 3.63) is 53.3 Å². The molecule has 4 rings (SSSR count). The van der Waals surface area contributed by atoms with E-state index in [9.17, 15) is 9.59 Å². The molecular formula is C23H27N6O3+. The van der Waals surface area contributed by atoms with E-state index in [0.717, 1.165) is 47.6 Å². The highest BCUT2D eigenvalue weighted by atomic mass is 16.4. The van der Waals surface area contributed by atoms with Crippen molar-refractivity contribution in [1.29, 1.82) is 0 Å². The van der Waals surface area contributed by atoms with Gasteiger partial charge >= 0.3 is 5.97 Å². The summed E-state index contributed by atoms with van der Waals surface area (Å²) in [5, 5.41) is 20.6. The van der Waals surface area contributed by atoms with Crippen LogP contribution >= 0.6 is 0 Å². The number of carbonyl (C=O) groups is 2. The van der Waals surface area contributed by atoms with Crippen LogP contribution in [0.1, 0.15) is 34.6 Å². The molecule has 1 aliphatic rings. The molecule has 2 heterocycles. The molecular weight excluding hydrogens is 408 g/mol. The Morgan fingerprint density at radius 1 is 1.31 bits per heavy atom. The topological polar surface area (TPSA) is 136 Å².